The summed E-state index contributed by atoms with van der Waals surface area (Å²) in [5, 5.41) is 7.26. The molecule has 0 aromatic carbocycles. The Morgan fingerprint density at radius 2 is 2.36 bits per heavy atom. The predicted molar refractivity (Wildman–Crippen MR) is 40.6 cm³/mol. The van der Waals surface area contributed by atoms with Gasteiger partial charge >= 0.3 is 0 Å². The molecule has 1 aromatic heterocycles. The first-order valence-electron chi connectivity index (χ1n) is 3.16. The molecule has 0 saturated carbocycles. The zero-order valence-corrected chi connectivity index (χ0v) is 6.46. The number of aromatic nitrogens is 2. The molecule has 0 saturated heterocycles. The van der Waals surface area contributed by atoms with E-state index in [1.165, 1.54) is 7.11 Å². The lowest BCUT2D eigenvalue weighted by atomic mass is 10.4. The second-order valence-electron chi connectivity index (χ2n) is 2.02. The minimum Gasteiger partial charge on any atom is -0.480 e. The third kappa shape index (κ3) is 1.73. The van der Waals surface area contributed by atoms with Gasteiger partial charge in [-0.05, 0) is 13.0 Å². The third-order valence-electron chi connectivity index (χ3n) is 1.21. The summed E-state index contributed by atoms with van der Waals surface area (Å²) in [7, 11) is 1.44. The second-order valence-corrected chi connectivity index (χ2v) is 2.02. The smallest absolute Gasteiger partial charge is 0.232 e. The van der Waals surface area contributed by atoms with Crippen molar-refractivity contribution >= 4 is 5.90 Å². The normalized spacial score (nSPS) is 9.27. The monoisotopic (exact) mass is 151 g/mol. The van der Waals surface area contributed by atoms with Crippen LogP contribution in [0.3, 0.4) is 0 Å². The summed E-state index contributed by atoms with van der Waals surface area (Å²) >= 11 is 0. The van der Waals surface area contributed by atoms with Crippen LogP contribution in [0.25, 0.3) is 0 Å². The van der Waals surface area contributed by atoms with Gasteiger partial charge in [-0.1, -0.05) is 0 Å². The summed E-state index contributed by atoms with van der Waals surface area (Å²) in [6.45, 7) is 1.77. The second kappa shape index (κ2) is 3.09. The van der Waals surface area contributed by atoms with Gasteiger partial charge in [-0.2, -0.15) is 0 Å². The summed E-state index contributed by atoms with van der Waals surface area (Å²) < 4.78 is 4.68. The fraction of sp³-hybridized carbons (Fsp3) is 0.286. The molecule has 0 unspecified atom stereocenters. The minimum atomic E-state index is 0.0653. The van der Waals surface area contributed by atoms with E-state index in [0.29, 0.717) is 11.5 Å². The molecular weight excluding hydrogens is 142 g/mol. The molecule has 1 heterocycles. The molecule has 0 atom stereocenters. The lowest BCUT2D eigenvalue weighted by Gasteiger charge is -2.00. The molecule has 1 aromatic rings. The van der Waals surface area contributed by atoms with Gasteiger partial charge in [0.1, 0.15) is 11.5 Å². The van der Waals surface area contributed by atoms with Crippen LogP contribution in [0.4, 0.5) is 0 Å². The van der Waals surface area contributed by atoms with Gasteiger partial charge in [0.2, 0.25) is 5.90 Å². The SMILES string of the molecule is COC(=N)c1ccnc(C)n1. The lowest BCUT2D eigenvalue weighted by Crippen LogP contribution is -2.05. The highest BCUT2D eigenvalue weighted by atomic mass is 16.5. The molecule has 11 heavy (non-hydrogen) atoms. The van der Waals surface area contributed by atoms with Crippen LogP contribution in [0.15, 0.2) is 12.3 Å². The van der Waals surface area contributed by atoms with Crippen molar-refractivity contribution in [2.75, 3.05) is 7.11 Å². The van der Waals surface area contributed by atoms with Crippen molar-refractivity contribution < 1.29 is 4.74 Å². The van der Waals surface area contributed by atoms with Crippen molar-refractivity contribution in [2.24, 2.45) is 0 Å². The van der Waals surface area contributed by atoms with Gasteiger partial charge in [-0.3, -0.25) is 5.41 Å². The number of nitrogens with zero attached hydrogens (tertiary/aromatic N) is 2. The molecule has 58 valence electrons. The summed E-state index contributed by atoms with van der Waals surface area (Å²) in [5.41, 5.74) is 0.514. The molecule has 0 bridgehead atoms. The quantitative estimate of drug-likeness (QED) is 0.476. The van der Waals surface area contributed by atoms with E-state index in [0.717, 1.165) is 0 Å². The van der Waals surface area contributed by atoms with Gasteiger partial charge in [0.15, 0.2) is 0 Å². The Kier molecular flexibility index (Phi) is 2.15. The zero-order chi connectivity index (χ0) is 8.27. The molecule has 0 aliphatic rings. The van der Waals surface area contributed by atoms with Gasteiger partial charge in [0, 0.05) is 6.20 Å². The van der Waals surface area contributed by atoms with Crippen LogP contribution in [0, 0.1) is 12.3 Å². The van der Waals surface area contributed by atoms with E-state index >= 15 is 0 Å². The number of hydrogen-bond acceptors (Lipinski definition) is 4. The average molecular weight is 151 g/mol. The van der Waals surface area contributed by atoms with Crippen LogP contribution in [-0.4, -0.2) is 23.0 Å². The minimum absolute atomic E-state index is 0.0653. The molecule has 1 rings (SSSR count). The number of nitrogens with one attached hydrogen (secondary N) is 1. The Hall–Kier alpha value is -1.45. The van der Waals surface area contributed by atoms with Crippen molar-refractivity contribution in [3.05, 3.63) is 23.8 Å². The van der Waals surface area contributed by atoms with Crippen LogP contribution in [0.2, 0.25) is 0 Å². The Morgan fingerprint density at radius 3 is 2.91 bits per heavy atom. The summed E-state index contributed by atoms with van der Waals surface area (Å²) in [5.74, 6) is 0.708. The highest BCUT2D eigenvalue weighted by molar-refractivity contribution is 5.89. The summed E-state index contributed by atoms with van der Waals surface area (Å²) in [6.07, 6.45) is 1.60. The zero-order valence-electron chi connectivity index (χ0n) is 6.46. The maximum Gasteiger partial charge on any atom is 0.232 e. The van der Waals surface area contributed by atoms with Crippen LogP contribution in [-0.2, 0) is 4.74 Å². The van der Waals surface area contributed by atoms with Crippen molar-refractivity contribution in [1.82, 2.24) is 9.97 Å². The first-order chi connectivity index (χ1) is 5.24. The third-order valence-corrected chi connectivity index (χ3v) is 1.21. The molecule has 0 aliphatic heterocycles. The highest BCUT2D eigenvalue weighted by Gasteiger charge is 2.01. The van der Waals surface area contributed by atoms with E-state index in [2.05, 4.69) is 14.7 Å². The van der Waals surface area contributed by atoms with Gasteiger partial charge in [0.25, 0.3) is 0 Å². The van der Waals surface area contributed by atoms with E-state index in [4.69, 9.17) is 5.41 Å². The molecular formula is C7H9N3O. The van der Waals surface area contributed by atoms with Crippen molar-refractivity contribution in [1.29, 1.82) is 5.41 Å². The molecule has 1 N–H and O–H groups in total. The Labute approximate surface area is 64.8 Å². The molecule has 0 spiro atoms. The number of ether oxygens (including phenoxy) is 1. The Bertz CT molecular complexity index is 272. The standard InChI is InChI=1S/C7H9N3O/c1-5-9-4-3-6(10-5)7(8)11-2/h3-4,8H,1-2H3. The molecule has 0 amide bonds. The molecule has 0 radical (unpaired) electrons. The van der Waals surface area contributed by atoms with Crippen molar-refractivity contribution in [2.45, 2.75) is 6.92 Å². The van der Waals surface area contributed by atoms with Gasteiger partial charge in [-0.15, -0.1) is 0 Å². The first-order valence-corrected chi connectivity index (χ1v) is 3.16. The van der Waals surface area contributed by atoms with Crippen LogP contribution in [0.5, 0.6) is 0 Å². The van der Waals surface area contributed by atoms with Crippen molar-refractivity contribution in [3.8, 4) is 0 Å². The first kappa shape index (κ1) is 7.65. The maximum absolute atomic E-state index is 7.26. The van der Waals surface area contributed by atoms with E-state index < -0.39 is 0 Å². The lowest BCUT2D eigenvalue weighted by molar-refractivity contribution is 0.399. The van der Waals surface area contributed by atoms with Gasteiger partial charge in [0.05, 0.1) is 7.11 Å². The number of methoxy groups -OCH3 is 1. The van der Waals surface area contributed by atoms with E-state index in [-0.39, 0.29) is 5.90 Å². The van der Waals surface area contributed by atoms with E-state index in [9.17, 15) is 0 Å². The average Bonchev–Trinajstić information content (AvgIpc) is 2.03. The van der Waals surface area contributed by atoms with Gasteiger partial charge in [-0.25, -0.2) is 9.97 Å². The topological polar surface area (TPSA) is 58.9 Å². The summed E-state index contributed by atoms with van der Waals surface area (Å²) in [6, 6.07) is 1.64. The summed E-state index contributed by atoms with van der Waals surface area (Å²) in [4.78, 5) is 7.88. The van der Waals surface area contributed by atoms with Crippen LogP contribution < -0.4 is 0 Å². The number of aryl methyl sites for hydroxylation is 1. The Balaban J connectivity index is 2.96. The van der Waals surface area contributed by atoms with E-state index in [1.807, 2.05) is 0 Å². The fourth-order valence-electron chi connectivity index (χ4n) is 0.687. The number of hydrogen-bond donors (Lipinski definition) is 1. The van der Waals surface area contributed by atoms with Crippen molar-refractivity contribution in [3.63, 3.8) is 0 Å². The molecule has 0 fully saturated rings. The number of rotatable bonds is 1. The largest absolute Gasteiger partial charge is 0.480 e. The fourth-order valence-corrected chi connectivity index (χ4v) is 0.687. The highest BCUT2D eigenvalue weighted by Crippen LogP contribution is 1.95. The Morgan fingerprint density at radius 1 is 1.64 bits per heavy atom. The van der Waals surface area contributed by atoms with E-state index in [1.54, 1.807) is 19.2 Å². The predicted octanol–water partition coefficient (Wildman–Crippen LogP) is 0.757. The van der Waals surface area contributed by atoms with Gasteiger partial charge < -0.3 is 4.74 Å². The molecule has 4 heteroatoms. The maximum atomic E-state index is 7.26. The molecule has 4 nitrogen and oxygen atoms in total. The van der Waals surface area contributed by atoms with Crippen LogP contribution in [0.1, 0.15) is 11.5 Å². The molecule has 0 aliphatic carbocycles. The van der Waals surface area contributed by atoms with Crippen LogP contribution >= 0.6 is 0 Å².